The lowest BCUT2D eigenvalue weighted by atomic mass is 10.3. The third-order valence-corrected chi connectivity index (χ3v) is 3.60. The first-order valence-corrected chi connectivity index (χ1v) is 6.25. The maximum absolute atomic E-state index is 10.9. The molecule has 1 aliphatic heterocycles. The average Bonchev–Trinajstić information content (AvgIpc) is 2.91. The van der Waals surface area contributed by atoms with Gasteiger partial charge < -0.3 is 9.64 Å². The molecule has 0 bridgehead atoms. The fourth-order valence-electron chi connectivity index (χ4n) is 1.56. The zero-order valence-corrected chi connectivity index (χ0v) is 10.8. The standard InChI is InChI=1S/C10H12ClN3O2S/c1-16-5-4-14-9(6-15)12-13-10(14)7-2-3-8(11)17-7/h2-3,6,9,12H,4-5H2,1H3. The van der Waals surface area contributed by atoms with Crippen molar-refractivity contribution in [2.24, 2.45) is 5.10 Å². The Labute approximate surface area is 108 Å². The maximum atomic E-state index is 10.9. The van der Waals surface area contributed by atoms with Crippen LogP contribution in [0.25, 0.3) is 0 Å². The van der Waals surface area contributed by atoms with Gasteiger partial charge in [0.05, 0.1) is 15.8 Å². The Morgan fingerprint density at radius 3 is 3.12 bits per heavy atom. The number of aldehydes is 1. The summed E-state index contributed by atoms with van der Waals surface area (Å²) in [7, 11) is 1.62. The van der Waals surface area contributed by atoms with Crippen LogP contribution in [-0.4, -0.2) is 43.4 Å². The van der Waals surface area contributed by atoms with Crippen molar-refractivity contribution in [1.29, 1.82) is 0 Å². The number of ether oxygens (including phenoxy) is 1. The summed E-state index contributed by atoms with van der Waals surface area (Å²) in [6.07, 6.45) is 0.391. The zero-order valence-electron chi connectivity index (χ0n) is 9.22. The smallest absolute Gasteiger partial charge is 0.173 e. The van der Waals surface area contributed by atoms with Gasteiger partial charge in [0, 0.05) is 13.7 Å². The molecular formula is C10H12ClN3O2S. The number of nitrogens with zero attached hydrogens (tertiary/aromatic N) is 2. The van der Waals surface area contributed by atoms with Crippen molar-refractivity contribution in [3.8, 4) is 0 Å². The summed E-state index contributed by atoms with van der Waals surface area (Å²) in [5, 5.41) is 4.16. The van der Waals surface area contributed by atoms with Crippen molar-refractivity contribution in [3.05, 3.63) is 21.3 Å². The van der Waals surface area contributed by atoms with Gasteiger partial charge in [-0.3, -0.25) is 10.2 Å². The van der Waals surface area contributed by atoms with Crippen molar-refractivity contribution in [2.45, 2.75) is 6.17 Å². The summed E-state index contributed by atoms with van der Waals surface area (Å²) in [4.78, 5) is 13.7. The highest BCUT2D eigenvalue weighted by molar-refractivity contribution is 7.18. The molecule has 0 saturated carbocycles. The van der Waals surface area contributed by atoms with Crippen LogP contribution in [0.3, 0.4) is 0 Å². The van der Waals surface area contributed by atoms with E-state index < -0.39 is 6.17 Å². The predicted octanol–water partition coefficient (Wildman–Crippen LogP) is 1.14. The molecule has 0 saturated heterocycles. The van der Waals surface area contributed by atoms with E-state index >= 15 is 0 Å². The SMILES string of the molecule is COCCN1C(c2ccc(Cl)s2)=NNC1C=O. The monoisotopic (exact) mass is 273 g/mol. The average molecular weight is 274 g/mol. The van der Waals surface area contributed by atoms with Gasteiger partial charge in [0.1, 0.15) is 0 Å². The second kappa shape index (κ2) is 5.48. The Kier molecular flexibility index (Phi) is 3.98. The van der Waals surface area contributed by atoms with Crippen LogP contribution in [0.2, 0.25) is 4.34 Å². The van der Waals surface area contributed by atoms with Crippen molar-refractivity contribution in [3.63, 3.8) is 0 Å². The summed E-state index contributed by atoms with van der Waals surface area (Å²) >= 11 is 7.32. The van der Waals surface area contributed by atoms with E-state index in [1.54, 1.807) is 7.11 Å². The summed E-state index contributed by atoms with van der Waals surface area (Å²) in [6.45, 7) is 1.13. The van der Waals surface area contributed by atoms with Crippen molar-refractivity contribution in [1.82, 2.24) is 10.3 Å². The van der Waals surface area contributed by atoms with Crippen LogP contribution in [0.4, 0.5) is 0 Å². The largest absolute Gasteiger partial charge is 0.383 e. The number of halogens is 1. The molecule has 2 rings (SSSR count). The lowest BCUT2D eigenvalue weighted by molar-refractivity contribution is -0.111. The second-order valence-electron chi connectivity index (χ2n) is 3.44. The first-order chi connectivity index (χ1) is 8.26. The molecule has 5 nitrogen and oxygen atoms in total. The van der Waals surface area contributed by atoms with Crippen LogP contribution in [0.5, 0.6) is 0 Å². The molecular weight excluding hydrogens is 262 g/mol. The van der Waals surface area contributed by atoms with Crippen LogP contribution >= 0.6 is 22.9 Å². The Balaban J connectivity index is 2.17. The van der Waals surface area contributed by atoms with Gasteiger partial charge in [0.15, 0.2) is 18.3 Å². The maximum Gasteiger partial charge on any atom is 0.173 e. The van der Waals surface area contributed by atoms with Crippen molar-refractivity contribution in [2.75, 3.05) is 20.3 Å². The molecule has 1 unspecified atom stereocenters. The quantitative estimate of drug-likeness (QED) is 0.818. The molecule has 1 aliphatic rings. The summed E-state index contributed by atoms with van der Waals surface area (Å²) in [5.74, 6) is 0.732. The molecule has 0 radical (unpaired) electrons. The molecule has 1 N–H and O–H groups in total. The van der Waals surface area contributed by atoms with Gasteiger partial charge in [0.25, 0.3) is 0 Å². The molecule has 17 heavy (non-hydrogen) atoms. The fourth-order valence-corrected chi connectivity index (χ4v) is 2.61. The van der Waals surface area contributed by atoms with Gasteiger partial charge in [0.2, 0.25) is 0 Å². The molecule has 1 aromatic rings. The van der Waals surface area contributed by atoms with Gasteiger partial charge in [-0.25, -0.2) is 0 Å². The Morgan fingerprint density at radius 1 is 1.71 bits per heavy atom. The second-order valence-corrected chi connectivity index (χ2v) is 5.15. The van der Waals surface area contributed by atoms with E-state index in [9.17, 15) is 4.79 Å². The number of hydrogen-bond acceptors (Lipinski definition) is 6. The third-order valence-electron chi connectivity index (χ3n) is 2.37. The lowest BCUT2D eigenvalue weighted by Gasteiger charge is -2.22. The van der Waals surface area contributed by atoms with Crippen molar-refractivity contribution >= 4 is 35.1 Å². The van der Waals surface area contributed by atoms with Crippen LogP contribution in [0.15, 0.2) is 17.2 Å². The Bertz CT molecular complexity index is 435. The molecule has 1 atom stereocenters. The van der Waals surface area contributed by atoms with E-state index in [1.807, 2.05) is 17.0 Å². The molecule has 0 amide bonds. The van der Waals surface area contributed by atoms with E-state index in [1.165, 1.54) is 11.3 Å². The Morgan fingerprint density at radius 2 is 2.53 bits per heavy atom. The summed E-state index contributed by atoms with van der Waals surface area (Å²) in [6, 6.07) is 3.70. The number of hydrazone groups is 1. The van der Waals surface area contributed by atoms with Gasteiger partial charge in [-0.2, -0.15) is 5.10 Å². The Hall–Kier alpha value is -1.11. The van der Waals surface area contributed by atoms with Crippen LogP contribution in [0, 0.1) is 0 Å². The number of methoxy groups -OCH3 is 1. The summed E-state index contributed by atoms with van der Waals surface area (Å²) in [5.41, 5.74) is 2.78. The van der Waals surface area contributed by atoms with Gasteiger partial charge in [-0.15, -0.1) is 11.3 Å². The third kappa shape index (κ3) is 2.59. The number of amidine groups is 1. The molecule has 0 spiro atoms. The molecule has 92 valence electrons. The normalized spacial score (nSPS) is 19.1. The van der Waals surface area contributed by atoms with Gasteiger partial charge >= 0.3 is 0 Å². The van der Waals surface area contributed by atoms with E-state index in [-0.39, 0.29) is 0 Å². The van der Waals surface area contributed by atoms with E-state index in [4.69, 9.17) is 16.3 Å². The van der Waals surface area contributed by atoms with Crippen LogP contribution < -0.4 is 5.43 Å². The first-order valence-electron chi connectivity index (χ1n) is 5.06. The van der Waals surface area contributed by atoms with Gasteiger partial charge in [-0.05, 0) is 12.1 Å². The first kappa shape index (κ1) is 12.3. The molecule has 0 fully saturated rings. The van der Waals surface area contributed by atoms with Crippen LogP contribution in [0.1, 0.15) is 4.88 Å². The molecule has 7 heteroatoms. The highest BCUT2D eigenvalue weighted by Crippen LogP contribution is 2.24. The molecule has 1 aromatic heterocycles. The number of nitrogens with one attached hydrogen (secondary N) is 1. The van der Waals surface area contributed by atoms with Crippen molar-refractivity contribution < 1.29 is 9.53 Å². The number of rotatable bonds is 5. The number of hydrogen-bond donors (Lipinski definition) is 1. The predicted molar refractivity (Wildman–Crippen MR) is 67.4 cm³/mol. The van der Waals surface area contributed by atoms with E-state index in [0.29, 0.717) is 17.5 Å². The number of thiophene rings is 1. The molecule has 0 aliphatic carbocycles. The number of carbonyl (C=O) groups excluding carboxylic acids is 1. The molecule has 2 heterocycles. The molecule has 0 aromatic carbocycles. The minimum atomic E-state index is -0.430. The minimum absolute atomic E-state index is 0.430. The fraction of sp³-hybridized carbons (Fsp3) is 0.400. The van der Waals surface area contributed by atoms with E-state index in [0.717, 1.165) is 17.0 Å². The summed E-state index contributed by atoms with van der Waals surface area (Å²) < 4.78 is 5.72. The van der Waals surface area contributed by atoms with Gasteiger partial charge in [-0.1, -0.05) is 11.6 Å². The zero-order chi connectivity index (χ0) is 12.3. The number of carbonyl (C=O) groups is 1. The van der Waals surface area contributed by atoms with Crippen LogP contribution in [-0.2, 0) is 9.53 Å². The lowest BCUT2D eigenvalue weighted by Crippen LogP contribution is -2.43. The highest BCUT2D eigenvalue weighted by Gasteiger charge is 2.28. The van der Waals surface area contributed by atoms with E-state index in [2.05, 4.69) is 10.5 Å². The minimum Gasteiger partial charge on any atom is -0.383 e. The highest BCUT2D eigenvalue weighted by atomic mass is 35.5. The topological polar surface area (TPSA) is 53.9 Å².